The maximum atomic E-state index is 5.84. The molecule has 0 amide bonds. The molecule has 2 aliphatic heterocycles. The molecule has 0 saturated heterocycles. The molecule has 7 aromatic carbocycles. The molecule has 8 aromatic rings. The monoisotopic (exact) mass is 784 g/mol. The molecule has 0 radical (unpaired) electrons. The highest BCUT2D eigenvalue weighted by Gasteiger charge is 2.51. The van der Waals surface area contributed by atoms with Crippen LogP contribution in [0.25, 0.3) is 49.0 Å². The van der Waals surface area contributed by atoms with Gasteiger partial charge in [-0.15, -0.1) is 0 Å². The van der Waals surface area contributed by atoms with Gasteiger partial charge in [-0.3, -0.25) is 4.99 Å². The molecule has 292 valence electrons. The summed E-state index contributed by atoms with van der Waals surface area (Å²) < 4.78 is 2.40. The third-order valence-electron chi connectivity index (χ3n) is 14.4. The first-order chi connectivity index (χ1) is 30.0. The van der Waals surface area contributed by atoms with Gasteiger partial charge in [0.1, 0.15) is 11.9 Å². The van der Waals surface area contributed by atoms with E-state index in [2.05, 4.69) is 223 Å². The molecule has 13 rings (SSSR count). The molecule has 3 aliphatic carbocycles. The predicted molar refractivity (Wildman–Crippen MR) is 254 cm³/mol. The second-order valence-electron chi connectivity index (χ2n) is 17.9. The number of fused-ring (bicyclic) bond motifs is 10. The second kappa shape index (κ2) is 12.9. The molecule has 4 heteroatoms. The normalized spacial score (nSPS) is 23.1. The van der Waals surface area contributed by atoms with E-state index in [9.17, 15) is 0 Å². The lowest BCUT2D eigenvalue weighted by atomic mass is 9.74. The smallest absolute Gasteiger partial charge is 0.133 e. The van der Waals surface area contributed by atoms with E-state index < -0.39 is 0 Å². The number of benzene rings is 7. The van der Waals surface area contributed by atoms with Crippen LogP contribution in [0, 0.1) is 17.3 Å². The van der Waals surface area contributed by atoms with E-state index in [0.717, 1.165) is 17.1 Å². The predicted octanol–water partition coefficient (Wildman–Crippen LogP) is 13.6. The van der Waals surface area contributed by atoms with E-state index in [1.54, 1.807) is 0 Å². The van der Waals surface area contributed by atoms with E-state index in [0.29, 0.717) is 5.92 Å². The summed E-state index contributed by atoms with van der Waals surface area (Å²) in [6, 6.07) is 53.9. The number of rotatable bonds is 4. The van der Waals surface area contributed by atoms with Crippen molar-refractivity contribution in [2.75, 3.05) is 4.90 Å². The maximum Gasteiger partial charge on any atom is 0.133 e. The first-order valence-corrected chi connectivity index (χ1v) is 21.7. The van der Waals surface area contributed by atoms with Crippen LogP contribution in [-0.4, -0.2) is 16.4 Å². The first kappa shape index (κ1) is 34.7. The van der Waals surface area contributed by atoms with E-state index in [1.165, 1.54) is 77.1 Å². The Balaban J connectivity index is 1.01. The van der Waals surface area contributed by atoms with E-state index in [4.69, 9.17) is 4.99 Å². The summed E-state index contributed by atoms with van der Waals surface area (Å²) >= 11 is 0. The summed E-state index contributed by atoms with van der Waals surface area (Å²) in [5.74, 6) is 1.79. The highest BCUT2D eigenvalue weighted by Crippen LogP contribution is 2.58. The summed E-state index contributed by atoms with van der Waals surface area (Å²) in [5.41, 5.74) is 12.3. The Morgan fingerprint density at radius 3 is 2.08 bits per heavy atom. The van der Waals surface area contributed by atoms with Gasteiger partial charge < -0.3 is 14.8 Å². The number of allylic oxidation sites excluding steroid dienone is 7. The Bertz CT molecular complexity index is 3350. The molecular weight excluding hydrogens is 741 g/mol. The fraction of sp³-hybridized carbons (Fsp3) is 0.140. The lowest BCUT2D eigenvalue weighted by Crippen LogP contribution is -2.36. The van der Waals surface area contributed by atoms with Crippen molar-refractivity contribution in [1.29, 1.82) is 0 Å². The number of amidine groups is 1. The number of aromatic nitrogens is 1. The summed E-state index contributed by atoms with van der Waals surface area (Å²) in [5, 5.41) is 11.6. The average molecular weight is 785 g/mol. The molecule has 0 fully saturated rings. The highest BCUT2D eigenvalue weighted by molar-refractivity contribution is 6.12. The zero-order valence-corrected chi connectivity index (χ0v) is 34.2. The molecule has 1 N–H and O–H groups in total. The standard InChI is InChI=1S/C57H44N4/c1-57(2)47-25-13-10-24-45(47)53-54(58-56(59-55(53)57)37-28-29-43-41-22-11-14-26-48(41)60(51(43)34-37)38-18-4-3-5-19-38)44-30-31-50(40-21-9-8-20-39(40)44)61-49-27-15-12-23-42(49)46-32-35-16-6-7-17-36(35)33-52(46)61/h3-34,42,45,47,49,54H,1-2H3,(H,58,59). The van der Waals surface area contributed by atoms with Crippen molar-refractivity contribution in [1.82, 2.24) is 9.88 Å². The van der Waals surface area contributed by atoms with Crippen LogP contribution in [0.5, 0.6) is 0 Å². The van der Waals surface area contributed by atoms with Crippen molar-refractivity contribution in [2.24, 2.45) is 22.2 Å². The molecule has 0 bridgehead atoms. The van der Waals surface area contributed by atoms with Gasteiger partial charge >= 0.3 is 0 Å². The number of aliphatic imine (C=N–C) groups is 1. The molecular formula is C57H44N4. The first-order valence-electron chi connectivity index (χ1n) is 21.7. The topological polar surface area (TPSA) is 32.6 Å². The van der Waals surface area contributed by atoms with Gasteiger partial charge in [-0.05, 0) is 81.2 Å². The number of hydrogen-bond acceptors (Lipinski definition) is 3. The van der Waals surface area contributed by atoms with Gasteiger partial charge in [0.15, 0.2) is 0 Å². The van der Waals surface area contributed by atoms with Crippen LogP contribution in [0.4, 0.5) is 11.4 Å². The summed E-state index contributed by atoms with van der Waals surface area (Å²) in [6.45, 7) is 4.83. The third-order valence-corrected chi connectivity index (χ3v) is 14.4. The number of para-hydroxylation sites is 2. The zero-order chi connectivity index (χ0) is 40.4. The van der Waals surface area contributed by atoms with Gasteiger partial charge in [0.2, 0.25) is 0 Å². The lowest BCUT2D eigenvalue weighted by molar-refractivity contribution is 0.308. The van der Waals surface area contributed by atoms with Crippen molar-refractivity contribution < 1.29 is 0 Å². The van der Waals surface area contributed by atoms with Crippen LogP contribution in [0.3, 0.4) is 0 Å². The Kier molecular flexibility index (Phi) is 7.34. The Labute approximate surface area is 355 Å². The summed E-state index contributed by atoms with van der Waals surface area (Å²) in [4.78, 5) is 8.45. The zero-order valence-electron chi connectivity index (χ0n) is 34.2. The van der Waals surface area contributed by atoms with E-state index in [1.807, 2.05) is 0 Å². The maximum absolute atomic E-state index is 5.84. The molecule has 61 heavy (non-hydrogen) atoms. The van der Waals surface area contributed by atoms with Crippen molar-refractivity contribution in [3.63, 3.8) is 0 Å². The van der Waals surface area contributed by atoms with Crippen LogP contribution in [0.1, 0.15) is 42.5 Å². The fourth-order valence-electron chi connectivity index (χ4n) is 11.6. The largest absolute Gasteiger partial charge is 0.343 e. The minimum atomic E-state index is -0.175. The van der Waals surface area contributed by atoms with E-state index >= 15 is 0 Å². The summed E-state index contributed by atoms with van der Waals surface area (Å²) in [7, 11) is 0. The SMILES string of the molecule is CC1(C)C2=C(C(c3ccc(N4c5cc6ccccc6cc5C5C=CC=CC54)c4ccccc34)N=C(c3ccc4c5ccccc5n(-c5ccccc5)c4c3)N2)C2C=CC=CC21. The highest BCUT2D eigenvalue weighted by atomic mass is 15.2. The van der Waals surface area contributed by atoms with Gasteiger partial charge in [-0.25, -0.2) is 0 Å². The number of nitrogens with one attached hydrogen (secondary N) is 1. The molecule has 3 heterocycles. The molecule has 5 atom stereocenters. The van der Waals surface area contributed by atoms with Gasteiger partial charge in [-0.2, -0.15) is 0 Å². The van der Waals surface area contributed by atoms with Crippen LogP contribution >= 0.6 is 0 Å². The van der Waals surface area contributed by atoms with Gasteiger partial charge in [0, 0.05) is 61.7 Å². The molecule has 5 unspecified atom stereocenters. The number of nitrogens with zero attached hydrogens (tertiary/aromatic N) is 3. The molecule has 0 spiro atoms. The lowest BCUT2D eigenvalue weighted by Gasteiger charge is -2.33. The molecule has 1 aromatic heterocycles. The van der Waals surface area contributed by atoms with Crippen LogP contribution in [-0.2, 0) is 0 Å². The molecule has 4 nitrogen and oxygen atoms in total. The number of anilines is 2. The van der Waals surface area contributed by atoms with E-state index in [-0.39, 0.29) is 29.3 Å². The van der Waals surface area contributed by atoms with Gasteiger partial charge in [0.25, 0.3) is 0 Å². The van der Waals surface area contributed by atoms with Crippen molar-refractivity contribution >= 4 is 60.6 Å². The quantitative estimate of drug-likeness (QED) is 0.193. The Morgan fingerprint density at radius 2 is 1.23 bits per heavy atom. The second-order valence-corrected chi connectivity index (χ2v) is 17.9. The van der Waals surface area contributed by atoms with Crippen LogP contribution < -0.4 is 10.2 Å². The average Bonchev–Trinajstić information content (AvgIpc) is 3.90. The minimum Gasteiger partial charge on any atom is -0.343 e. The minimum absolute atomic E-state index is 0.128. The van der Waals surface area contributed by atoms with Gasteiger partial charge in [-0.1, -0.05) is 166 Å². The van der Waals surface area contributed by atoms with Gasteiger partial charge in [0.05, 0.1) is 17.1 Å². The molecule has 5 aliphatic rings. The van der Waals surface area contributed by atoms with Crippen molar-refractivity contribution in [2.45, 2.75) is 31.8 Å². The van der Waals surface area contributed by atoms with Crippen LogP contribution in [0.15, 0.2) is 210 Å². The number of hydrogen-bond donors (Lipinski definition) is 1. The third kappa shape index (κ3) is 4.96. The Morgan fingerprint density at radius 1 is 0.541 bits per heavy atom. The van der Waals surface area contributed by atoms with Crippen molar-refractivity contribution in [3.8, 4) is 5.69 Å². The van der Waals surface area contributed by atoms with Crippen LogP contribution in [0.2, 0.25) is 0 Å². The van der Waals surface area contributed by atoms with Crippen molar-refractivity contribution in [3.05, 3.63) is 222 Å². The molecule has 0 saturated carbocycles. The fourth-order valence-corrected chi connectivity index (χ4v) is 11.6. The summed E-state index contributed by atoms with van der Waals surface area (Å²) in [6.07, 6.45) is 18.5. The Hall–Kier alpha value is -7.17.